The van der Waals surface area contributed by atoms with Crippen molar-refractivity contribution in [3.05, 3.63) is 35.4 Å². The van der Waals surface area contributed by atoms with Gasteiger partial charge in [-0.3, -0.25) is 9.59 Å². The van der Waals surface area contributed by atoms with Crippen LogP contribution in [0.5, 0.6) is 0 Å². The Morgan fingerprint density at radius 1 is 1.00 bits per heavy atom. The van der Waals surface area contributed by atoms with E-state index in [0.717, 1.165) is 6.42 Å². The van der Waals surface area contributed by atoms with Crippen molar-refractivity contribution < 1.29 is 15.1 Å². The molecule has 0 saturated heterocycles. The molecule has 0 aliphatic rings. The van der Waals surface area contributed by atoms with E-state index < -0.39 is 5.78 Å². The Kier molecular flexibility index (Phi) is 9.63. The molecule has 1 aromatic carbocycles. The van der Waals surface area contributed by atoms with Gasteiger partial charge in [0.15, 0.2) is 6.29 Å². The van der Waals surface area contributed by atoms with E-state index in [4.69, 9.17) is 0 Å². The second-order valence-corrected chi connectivity index (χ2v) is 4.70. The highest BCUT2D eigenvalue weighted by Crippen LogP contribution is 2.11. The van der Waals surface area contributed by atoms with E-state index in [-0.39, 0.29) is 5.48 Å². The Labute approximate surface area is 115 Å². The van der Waals surface area contributed by atoms with Crippen molar-refractivity contribution in [2.24, 2.45) is 0 Å². The number of carbonyl (C=O) groups excluding carboxylic acids is 2. The van der Waals surface area contributed by atoms with Gasteiger partial charge < -0.3 is 5.48 Å². The van der Waals surface area contributed by atoms with Crippen molar-refractivity contribution >= 4 is 12.1 Å². The molecular weight excluding hydrogens is 240 g/mol. The number of rotatable bonds is 9. The van der Waals surface area contributed by atoms with Crippen LogP contribution in [-0.4, -0.2) is 17.5 Å². The van der Waals surface area contributed by atoms with Crippen LogP contribution in [0.1, 0.15) is 61.4 Å². The minimum atomic E-state index is -0.443. The fourth-order valence-corrected chi connectivity index (χ4v) is 2.01. The molecule has 2 N–H and O–H groups in total. The predicted octanol–water partition coefficient (Wildman–Crippen LogP) is 3.15. The van der Waals surface area contributed by atoms with Crippen LogP contribution in [0.2, 0.25) is 0 Å². The van der Waals surface area contributed by atoms with Crippen LogP contribution in [0, 0.1) is 0 Å². The van der Waals surface area contributed by atoms with E-state index in [1.54, 1.807) is 12.1 Å². The number of Topliss-reactive ketones (excluding diaryl/α,β-unsaturated/α-hetero) is 1. The smallest absolute Gasteiger partial charge is 0.225 e. The number of hydrogen-bond acceptors (Lipinski definition) is 2. The van der Waals surface area contributed by atoms with Crippen molar-refractivity contribution in [3.63, 3.8) is 0 Å². The minimum absolute atomic E-state index is 0. The van der Waals surface area contributed by atoms with E-state index in [2.05, 4.69) is 6.92 Å². The van der Waals surface area contributed by atoms with Gasteiger partial charge in [-0.05, 0) is 18.4 Å². The molecule has 0 aliphatic heterocycles. The Balaban J connectivity index is 0.00000324. The first-order chi connectivity index (χ1) is 8.77. The lowest BCUT2D eigenvalue weighted by Crippen LogP contribution is -1.99. The summed E-state index contributed by atoms with van der Waals surface area (Å²) in [6.45, 7) is 2.22. The largest absolute Gasteiger partial charge is 0.412 e. The zero-order valence-corrected chi connectivity index (χ0v) is 11.7. The lowest BCUT2D eigenvalue weighted by molar-refractivity contribution is -0.104. The number of aryl methyl sites for hydroxylation is 1. The molecule has 1 aromatic rings. The van der Waals surface area contributed by atoms with Gasteiger partial charge in [0, 0.05) is 5.56 Å². The van der Waals surface area contributed by atoms with Gasteiger partial charge in [0.2, 0.25) is 5.78 Å². The molecule has 0 saturated carbocycles. The van der Waals surface area contributed by atoms with E-state index in [1.807, 2.05) is 12.1 Å². The molecule has 0 unspecified atom stereocenters. The van der Waals surface area contributed by atoms with Crippen molar-refractivity contribution in [3.8, 4) is 0 Å². The molecule has 19 heavy (non-hydrogen) atoms. The fraction of sp³-hybridized carbons (Fsp3) is 0.500. The lowest BCUT2D eigenvalue weighted by Gasteiger charge is -2.02. The summed E-state index contributed by atoms with van der Waals surface area (Å²) in [5.74, 6) is -0.443. The first kappa shape index (κ1) is 17.5. The van der Waals surface area contributed by atoms with Crippen LogP contribution < -0.4 is 0 Å². The van der Waals surface area contributed by atoms with Crippen LogP contribution in [-0.2, 0) is 11.2 Å². The average molecular weight is 264 g/mol. The Morgan fingerprint density at radius 3 is 2.16 bits per heavy atom. The minimum Gasteiger partial charge on any atom is -0.412 e. The summed E-state index contributed by atoms with van der Waals surface area (Å²) in [5.41, 5.74) is 1.73. The molecule has 0 atom stereocenters. The van der Waals surface area contributed by atoms with Gasteiger partial charge in [0.1, 0.15) is 0 Å². The van der Waals surface area contributed by atoms with Crippen molar-refractivity contribution in [1.82, 2.24) is 0 Å². The van der Waals surface area contributed by atoms with Gasteiger partial charge in [-0.1, -0.05) is 63.3 Å². The molecule has 0 aliphatic carbocycles. The quantitative estimate of drug-likeness (QED) is 0.297. The first-order valence-electron chi connectivity index (χ1n) is 6.86. The maximum absolute atomic E-state index is 11.1. The van der Waals surface area contributed by atoms with Crippen LogP contribution in [0.4, 0.5) is 0 Å². The van der Waals surface area contributed by atoms with Gasteiger partial charge in [0.25, 0.3) is 0 Å². The maximum Gasteiger partial charge on any atom is 0.225 e. The molecule has 3 nitrogen and oxygen atoms in total. The van der Waals surface area contributed by atoms with E-state index in [0.29, 0.717) is 11.8 Å². The van der Waals surface area contributed by atoms with Crippen LogP contribution >= 0.6 is 0 Å². The van der Waals surface area contributed by atoms with Gasteiger partial charge in [0.05, 0.1) is 0 Å². The third kappa shape index (κ3) is 6.87. The summed E-state index contributed by atoms with van der Waals surface area (Å²) in [7, 11) is 0. The standard InChI is InChI=1S/C16H22O2.H2O/c1-2-3-4-5-6-7-8-14-9-11-15(12-10-14)16(18)13-17;/h9-13H,2-8H2,1H3;1H2. The molecule has 0 radical (unpaired) electrons. The zero-order chi connectivity index (χ0) is 13.2. The molecule has 106 valence electrons. The summed E-state index contributed by atoms with van der Waals surface area (Å²) in [5, 5.41) is 0. The number of aldehydes is 1. The number of benzene rings is 1. The topological polar surface area (TPSA) is 65.6 Å². The van der Waals surface area contributed by atoms with Gasteiger partial charge in [-0.25, -0.2) is 0 Å². The molecule has 0 bridgehead atoms. The van der Waals surface area contributed by atoms with E-state index >= 15 is 0 Å². The van der Waals surface area contributed by atoms with Gasteiger partial charge >= 0.3 is 0 Å². The molecule has 0 fully saturated rings. The molecule has 0 amide bonds. The second kappa shape index (κ2) is 10.4. The number of hydrogen-bond donors (Lipinski definition) is 0. The Hall–Kier alpha value is -1.48. The van der Waals surface area contributed by atoms with E-state index in [1.165, 1.54) is 44.1 Å². The predicted molar refractivity (Wildman–Crippen MR) is 77.5 cm³/mol. The zero-order valence-electron chi connectivity index (χ0n) is 11.7. The Bertz CT molecular complexity index is 368. The SMILES string of the molecule is CCCCCCCCc1ccc(C(=O)C=O)cc1.O. The Morgan fingerprint density at radius 2 is 1.58 bits per heavy atom. The number of unbranched alkanes of at least 4 members (excludes halogenated alkanes) is 5. The second-order valence-electron chi connectivity index (χ2n) is 4.70. The molecule has 1 rings (SSSR count). The molecular formula is C16H24O3. The third-order valence-corrected chi connectivity index (χ3v) is 3.16. The molecule has 0 spiro atoms. The highest BCUT2D eigenvalue weighted by atomic mass is 16.2. The highest BCUT2D eigenvalue weighted by Gasteiger charge is 2.02. The number of carbonyl (C=O) groups is 2. The van der Waals surface area contributed by atoms with Crippen molar-refractivity contribution in [2.75, 3.05) is 0 Å². The highest BCUT2D eigenvalue weighted by molar-refractivity contribution is 6.33. The summed E-state index contributed by atoms with van der Waals surface area (Å²) in [4.78, 5) is 21.5. The van der Waals surface area contributed by atoms with Gasteiger partial charge in [-0.2, -0.15) is 0 Å². The van der Waals surface area contributed by atoms with Crippen LogP contribution in [0.25, 0.3) is 0 Å². The molecule has 0 heterocycles. The summed E-state index contributed by atoms with van der Waals surface area (Å²) in [6.07, 6.45) is 9.16. The van der Waals surface area contributed by atoms with Crippen molar-refractivity contribution in [1.29, 1.82) is 0 Å². The maximum atomic E-state index is 11.1. The van der Waals surface area contributed by atoms with Gasteiger partial charge in [-0.15, -0.1) is 0 Å². The first-order valence-corrected chi connectivity index (χ1v) is 6.86. The average Bonchev–Trinajstić information content (AvgIpc) is 2.42. The summed E-state index contributed by atoms with van der Waals surface area (Å²) < 4.78 is 0. The summed E-state index contributed by atoms with van der Waals surface area (Å²) in [6, 6.07) is 7.37. The monoisotopic (exact) mass is 264 g/mol. The van der Waals surface area contributed by atoms with Crippen LogP contribution in [0.3, 0.4) is 0 Å². The van der Waals surface area contributed by atoms with E-state index in [9.17, 15) is 9.59 Å². The third-order valence-electron chi connectivity index (χ3n) is 3.16. The lowest BCUT2D eigenvalue weighted by atomic mass is 10.0. The fourth-order valence-electron chi connectivity index (χ4n) is 2.01. The molecule has 0 aromatic heterocycles. The molecule has 3 heteroatoms. The van der Waals surface area contributed by atoms with Crippen LogP contribution in [0.15, 0.2) is 24.3 Å². The normalized spacial score (nSPS) is 9.74. The summed E-state index contributed by atoms with van der Waals surface area (Å²) >= 11 is 0. The van der Waals surface area contributed by atoms with Crippen molar-refractivity contribution in [2.45, 2.75) is 51.9 Å². The number of ketones is 1.